The third kappa shape index (κ3) is 2.04. The molecule has 1 rings (SSSR count). The average Bonchev–Trinajstić information content (AvgIpc) is 2.09. The fourth-order valence-corrected chi connectivity index (χ4v) is 1.17. The van der Waals surface area contributed by atoms with E-state index in [9.17, 15) is 0 Å². The van der Waals surface area contributed by atoms with Crippen molar-refractivity contribution in [2.75, 3.05) is 0 Å². The van der Waals surface area contributed by atoms with E-state index in [1.165, 1.54) is 0 Å². The van der Waals surface area contributed by atoms with Gasteiger partial charge >= 0.3 is 0 Å². The van der Waals surface area contributed by atoms with Crippen molar-refractivity contribution in [2.24, 2.45) is 5.73 Å². The van der Waals surface area contributed by atoms with Crippen LogP contribution >= 0.6 is 0 Å². The van der Waals surface area contributed by atoms with Gasteiger partial charge in [0.05, 0.1) is 5.69 Å². The molecule has 1 aromatic heterocycles. The lowest BCUT2D eigenvalue weighted by molar-refractivity contribution is 0.741. The summed E-state index contributed by atoms with van der Waals surface area (Å²) < 4.78 is 0. The first kappa shape index (κ1) is 10.1. The average molecular weight is 179 g/mol. The molecule has 3 nitrogen and oxygen atoms in total. The standard InChI is InChI=1S/C10H17N3/c1-6(2)10-12-8(4)7(3)9(5-11)13-10/h6H,5,11H2,1-4H3. The number of rotatable bonds is 2. The minimum atomic E-state index is 0.365. The second-order valence-electron chi connectivity index (χ2n) is 3.60. The van der Waals surface area contributed by atoms with Gasteiger partial charge < -0.3 is 5.73 Å². The van der Waals surface area contributed by atoms with Crippen LogP contribution in [0, 0.1) is 13.8 Å². The maximum absolute atomic E-state index is 5.60. The van der Waals surface area contributed by atoms with E-state index in [0.29, 0.717) is 12.5 Å². The van der Waals surface area contributed by atoms with Gasteiger partial charge in [0, 0.05) is 18.2 Å². The van der Waals surface area contributed by atoms with Crippen LogP contribution in [-0.2, 0) is 6.54 Å². The number of aromatic nitrogens is 2. The lowest BCUT2D eigenvalue weighted by Crippen LogP contribution is -2.10. The van der Waals surface area contributed by atoms with E-state index in [0.717, 1.165) is 22.8 Å². The van der Waals surface area contributed by atoms with Crippen LogP contribution in [0.5, 0.6) is 0 Å². The molecule has 0 unspecified atom stereocenters. The van der Waals surface area contributed by atoms with Gasteiger partial charge in [0.15, 0.2) is 0 Å². The lowest BCUT2D eigenvalue weighted by Gasteiger charge is -2.10. The second-order valence-corrected chi connectivity index (χ2v) is 3.60. The van der Waals surface area contributed by atoms with Crippen molar-refractivity contribution in [1.29, 1.82) is 0 Å². The predicted molar refractivity (Wildman–Crippen MR) is 53.5 cm³/mol. The maximum atomic E-state index is 5.60. The fraction of sp³-hybridized carbons (Fsp3) is 0.600. The van der Waals surface area contributed by atoms with Crippen LogP contribution in [0.1, 0.15) is 42.5 Å². The zero-order valence-corrected chi connectivity index (χ0v) is 8.76. The summed E-state index contributed by atoms with van der Waals surface area (Å²) in [5.74, 6) is 1.26. The van der Waals surface area contributed by atoms with Gasteiger partial charge in [0.1, 0.15) is 5.82 Å². The summed E-state index contributed by atoms with van der Waals surface area (Å²) in [4.78, 5) is 8.83. The van der Waals surface area contributed by atoms with Gasteiger partial charge in [-0.15, -0.1) is 0 Å². The molecule has 0 aliphatic heterocycles. The molecule has 1 heterocycles. The highest BCUT2D eigenvalue weighted by Gasteiger charge is 2.08. The third-order valence-corrected chi connectivity index (χ3v) is 2.22. The van der Waals surface area contributed by atoms with E-state index in [2.05, 4.69) is 23.8 Å². The van der Waals surface area contributed by atoms with Crippen LogP contribution in [0.25, 0.3) is 0 Å². The Hall–Kier alpha value is -0.960. The first-order chi connectivity index (χ1) is 6.06. The van der Waals surface area contributed by atoms with Gasteiger partial charge in [-0.3, -0.25) is 0 Å². The van der Waals surface area contributed by atoms with E-state index in [1.807, 2.05) is 13.8 Å². The van der Waals surface area contributed by atoms with Crippen molar-refractivity contribution < 1.29 is 0 Å². The van der Waals surface area contributed by atoms with Crippen LogP contribution in [0.15, 0.2) is 0 Å². The number of hydrogen-bond donors (Lipinski definition) is 1. The highest BCUT2D eigenvalue weighted by molar-refractivity contribution is 5.23. The fourth-order valence-electron chi connectivity index (χ4n) is 1.17. The Morgan fingerprint density at radius 2 is 1.85 bits per heavy atom. The molecule has 0 amide bonds. The van der Waals surface area contributed by atoms with Crippen LogP contribution in [0.4, 0.5) is 0 Å². The van der Waals surface area contributed by atoms with E-state index in [1.54, 1.807) is 0 Å². The monoisotopic (exact) mass is 179 g/mol. The molecule has 0 fully saturated rings. The van der Waals surface area contributed by atoms with Crippen LogP contribution in [0.3, 0.4) is 0 Å². The zero-order chi connectivity index (χ0) is 10.0. The molecule has 72 valence electrons. The number of nitrogens with zero attached hydrogens (tertiary/aromatic N) is 2. The smallest absolute Gasteiger partial charge is 0.131 e. The Bertz CT molecular complexity index is 305. The van der Waals surface area contributed by atoms with Gasteiger partial charge in [-0.1, -0.05) is 13.8 Å². The van der Waals surface area contributed by atoms with Crippen molar-refractivity contribution in [1.82, 2.24) is 9.97 Å². The molecule has 0 aliphatic rings. The van der Waals surface area contributed by atoms with Crippen LogP contribution < -0.4 is 5.73 Å². The highest BCUT2D eigenvalue weighted by Crippen LogP contribution is 2.14. The minimum absolute atomic E-state index is 0.365. The van der Waals surface area contributed by atoms with Gasteiger partial charge in [-0.2, -0.15) is 0 Å². The number of aryl methyl sites for hydroxylation is 1. The minimum Gasteiger partial charge on any atom is -0.325 e. The molecule has 1 aromatic rings. The molecule has 0 saturated carbocycles. The van der Waals surface area contributed by atoms with Crippen LogP contribution in [-0.4, -0.2) is 9.97 Å². The van der Waals surface area contributed by atoms with E-state index < -0.39 is 0 Å². The predicted octanol–water partition coefficient (Wildman–Crippen LogP) is 1.68. The van der Waals surface area contributed by atoms with Gasteiger partial charge in [0.25, 0.3) is 0 Å². The molecular weight excluding hydrogens is 162 g/mol. The van der Waals surface area contributed by atoms with Crippen molar-refractivity contribution in [3.63, 3.8) is 0 Å². The van der Waals surface area contributed by atoms with Crippen molar-refractivity contribution in [2.45, 2.75) is 40.2 Å². The Morgan fingerprint density at radius 1 is 1.23 bits per heavy atom. The molecule has 13 heavy (non-hydrogen) atoms. The maximum Gasteiger partial charge on any atom is 0.131 e. The van der Waals surface area contributed by atoms with Crippen molar-refractivity contribution >= 4 is 0 Å². The van der Waals surface area contributed by atoms with Crippen molar-refractivity contribution in [3.05, 3.63) is 22.8 Å². The quantitative estimate of drug-likeness (QED) is 0.751. The molecule has 2 N–H and O–H groups in total. The normalized spacial score (nSPS) is 10.9. The molecule has 0 radical (unpaired) electrons. The summed E-state index contributed by atoms with van der Waals surface area (Å²) >= 11 is 0. The molecule has 0 spiro atoms. The Balaban J connectivity index is 3.22. The van der Waals surface area contributed by atoms with E-state index >= 15 is 0 Å². The summed E-state index contributed by atoms with van der Waals surface area (Å²) in [6.07, 6.45) is 0. The number of nitrogens with two attached hydrogens (primary N) is 1. The first-order valence-corrected chi connectivity index (χ1v) is 4.60. The Kier molecular flexibility index (Phi) is 2.98. The first-order valence-electron chi connectivity index (χ1n) is 4.60. The summed E-state index contributed by atoms with van der Waals surface area (Å²) in [6, 6.07) is 0. The summed E-state index contributed by atoms with van der Waals surface area (Å²) in [7, 11) is 0. The van der Waals surface area contributed by atoms with Gasteiger partial charge in [-0.25, -0.2) is 9.97 Å². The number of hydrogen-bond acceptors (Lipinski definition) is 3. The summed E-state index contributed by atoms with van der Waals surface area (Å²) in [5, 5.41) is 0. The molecule has 0 bridgehead atoms. The third-order valence-electron chi connectivity index (χ3n) is 2.22. The van der Waals surface area contributed by atoms with E-state index in [-0.39, 0.29) is 0 Å². The SMILES string of the molecule is Cc1nc(C(C)C)nc(CN)c1C. The zero-order valence-electron chi connectivity index (χ0n) is 8.76. The summed E-state index contributed by atoms with van der Waals surface area (Å²) in [6.45, 7) is 8.69. The molecule has 3 heteroatoms. The molecule has 0 saturated heterocycles. The van der Waals surface area contributed by atoms with Crippen molar-refractivity contribution in [3.8, 4) is 0 Å². The molecular formula is C10H17N3. The lowest BCUT2D eigenvalue weighted by atomic mass is 10.1. The topological polar surface area (TPSA) is 51.8 Å². The molecule has 0 aliphatic carbocycles. The van der Waals surface area contributed by atoms with E-state index in [4.69, 9.17) is 5.73 Å². The second kappa shape index (κ2) is 3.83. The largest absolute Gasteiger partial charge is 0.325 e. The van der Waals surface area contributed by atoms with Crippen LogP contribution in [0.2, 0.25) is 0 Å². The highest BCUT2D eigenvalue weighted by atomic mass is 14.9. The molecule has 0 atom stereocenters. The van der Waals surface area contributed by atoms with Gasteiger partial charge in [-0.05, 0) is 19.4 Å². The summed E-state index contributed by atoms with van der Waals surface area (Å²) in [5.41, 5.74) is 8.73. The Morgan fingerprint density at radius 3 is 2.31 bits per heavy atom. The van der Waals surface area contributed by atoms with Gasteiger partial charge in [0.2, 0.25) is 0 Å². The Labute approximate surface area is 79.4 Å². The molecule has 0 aromatic carbocycles.